The van der Waals surface area contributed by atoms with Gasteiger partial charge in [0, 0.05) is 18.6 Å². The molecule has 0 aliphatic carbocycles. The average Bonchev–Trinajstić information content (AvgIpc) is 2.74. The number of ether oxygens (including phenoxy) is 1. The molecule has 1 saturated heterocycles. The maximum atomic E-state index is 12.3. The molecular formula is C16H24Br2N2O3. The van der Waals surface area contributed by atoms with Gasteiger partial charge in [0.25, 0.3) is 0 Å². The Balaban J connectivity index is 1.93. The standard InChI is InChI=1S/C16H24Br2N2O3/c1-10-13(19-9-11-8-12(17)14(18)22-11)6-5-7-20(10)15(21)23-16(2,3)4/h8,10,13,19H,5-7,9H2,1-4H3. The minimum Gasteiger partial charge on any atom is -0.452 e. The summed E-state index contributed by atoms with van der Waals surface area (Å²) < 4.78 is 12.7. The Hall–Kier alpha value is -0.530. The Morgan fingerprint density at radius 2 is 2.17 bits per heavy atom. The molecule has 1 aliphatic rings. The molecule has 2 unspecified atom stereocenters. The highest BCUT2D eigenvalue weighted by atomic mass is 79.9. The molecule has 1 fully saturated rings. The second kappa shape index (κ2) is 7.57. The molecule has 1 N–H and O–H groups in total. The molecule has 1 aromatic rings. The van der Waals surface area contributed by atoms with Gasteiger partial charge in [-0.2, -0.15) is 0 Å². The van der Waals surface area contributed by atoms with E-state index in [4.69, 9.17) is 9.15 Å². The van der Waals surface area contributed by atoms with Gasteiger partial charge in [0.05, 0.1) is 11.0 Å². The number of piperidine rings is 1. The number of hydrogen-bond acceptors (Lipinski definition) is 4. The van der Waals surface area contributed by atoms with E-state index in [-0.39, 0.29) is 18.2 Å². The smallest absolute Gasteiger partial charge is 0.410 e. The molecule has 2 atom stereocenters. The van der Waals surface area contributed by atoms with Crippen LogP contribution in [0.1, 0.15) is 46.3 Å². The monoisotopic (exact) mass is 450 g/mol. The summed E-state index contributed by atoms with van der Waals surface area (Å²) in [6.07, 6.45) is 1.76. The highest BCUT2D eigenvalue weighted by Gasteiger charge is 2.33. The van der Waals surface area contributed by atoms with Gasteiger partial charge in [-0.15, -0.1) is 0 Å². The molecule has 1 aliphatic heterocycles. The van der Waals surface area contributed by atoms with Gasteiger partial charge in [-0.25, -0.2) is 4.79 Å². The van der Waals surface area contributed by atoms with Crippen molar-refractivity contribution < 1.29 is 13.9 Å². The van der Waals surface area contributed by atoms with Crippen molar-refractivity contribution in [1.29, 1.82) is 0 Å². The fourth-order valence-electron chi connectivity index (χ4n) is 2.70. The summed E-state index contributed by atoms with van der Waals surface area (Å²) in [6.45, 7) is 9.10. The number of furan rings is 1. The van der Waals surface area contributed by atoms with Crippen molar-refractivity contribution in [3.05, 3.63) is 21.0 Å². The molecule has 0 radical (unpaired) electrons. The van der Waals surface area contributed by atoms with E-state index < -0.39 is 5.60 Å². The van der Waals surface area contributed by atoms with Crippen molar-refractivity contribution in [3.63, 3.8) is 0 Å². The van der Waals surface area contributed by atoms with Gasteiger partial charge >= 0.3 is 6.09 Å². The third kappa shape index (κ3) is 5.22. The molecule has 0 aromatic carbocycles. The summed E-state index contributed by atoms with van der Waals surface area (Å²) in [4.78, 5) is 14.2. The van der Waals surface area contributed by atoms with Crippen molar-refractivity contribution in [3.8, 4) is 0 Å². The van der Waals surface area contributed by atoms with Gasteiger partial charge in [0.15, 0.2) is 4.67 Å². The second-order valence-electron chi connectivity index (χ2n) is 6.88. The predicted octanol–water partition coefficient (Wildman–Crippen LogP) is 4.68. The van der Waals surface area contributed by atoms with E-state index in [0.29, 0.717) is 11.2 Å². The quantitative estimate of drug-likeness (QED) is 0.724. The molecule has 0 bridgehead atoms. The van der Waals surface area contributed by atoms with E-state index in [1.54, 1.807) is 0 Å². The Morgan fingerprint density at radius 1 is 1.48 bits per heavy atom. The van der Waals surface area contributed by atoms with Gasteiger partial charge < -0.3 is 19.4 Å². The molecule has 130 valence electrons. The lowest BCUT2D eigenvalue weighted by Gasteiger charge is -2.40. The van der Waals surface area contributed by atoms with Gasteiger partial charge in [0.1, 0.15) is 11.4 Å². The fraction of sp³-hybridized carbons (Fsp3) is 0.688. The van der Waals surface area contributed by atoms with Crippen LogP contribution < -0.4 is 5.32 Å². The first-order valence-corrected chi connectivity index (χ1v) is 9.42. The molecule has 0 saturated carbocycles. The lowest BCUT2D eigenvalue weighted by molar-refractivity contribution is 0.00690. The number of carbonyl (C=O) groups excluding carboxylic acids is 1. The summed E-state index contributed by atoms with van der Waals surface area (Å²) in [5.74, 6) is 0.852. The zero-order valence-corrected chi connectivity index (χ0v) is 17.2. The third-order valence-corrected chi connectivity index (χ3v) is 5.56. The van der Waals surface area contributed by atoms with Crippen LogP contribution in [0.25, 0.3) is 0 Å². The lowest BCUT2D eigenvalue weighted by Crippen LogP contribution is -2.55. The van der Waals surface area contributed by atoms with E-state index >= 15 is 0 Å². The number of carbonyl (C=O) groups is 1. The van der Waals surface area contributed by atoms with Crippen molar-refractivity contribution in [1.82, 2.24) is 10.2 Å². The van der Waals surface area contributed by atoms with Crippen LogP contribution >= 0.6 is 31.9 Å². The Morgan fingerprint density at radius 3 is 2.74 bits per heavy atom. The first kappa shape index (κ1) is 18.8. The Bertz CT molecular complexity index is 535. The Kier molecular flexibility index (Phi) is 6.19. The molecule has 1 aromatic heterocycles. The molecular weight excluding hydrogens is 428 g/mol. The fourth-order valence-corrected chi connectivity index (χ4v) is 3.36. The molecule has 2 rings (SSSR count). The average molecular weight is 452 g/mol. The van der Waals surface area contributed by atoms with Crippen molar-refractivity contribution in [2.75, 3.05) is 6.54 Å². The van der Waals surface area contributed by atoms with Gasteiger partial charge in [-0.1, -0.05) is 0 Å². The van der Waals surface area contributed by atoms with E-state index in [1.807, 2.05) is 31.7 Å². The van der Waals surface area contributed by atoms with Gasteiger partial charge in [-0.3, -0.25) is 0 Å². The number of nitrogens with zero attached hydrogens (tertiary/aromatic N) is 1. The van der Waals surface area contributed by atoms with Crippen LogP contribution in [-0.4, -0.2) is 35.2 Å². The van der Waals surface area contributed by atoms with Crippen molar-refractivity contribution >= 4 is 38.0 Å². The minimum atomic E-state index is -0.468. The van der Waals surface area contributed by atoms with Crippen LogP contribution in [0.2, 0.25) is 0 Å². The third-order valence-electron chi connectivity index (χ3n) is 3.85. The van der Waals surface area contributed by atoms with Crippen molar-refractivity contribution in [2.45, 2.75) is 64.8 Å². The van der Waals surface area contributed by atoms with Crippen molar-refractivity contribution in [2.24, 2.45) is 0 Å². The molecule has 0 spiro atoms. The summed E-state index contributed by atoms with van der Waals surface area (Å²) in [5, 5.41) is 3.49. The number of likely N-dealkylation sites (tertiary alicyclic amines) is 1. The first-order chi connectivity index (χ1) is 10.7. The number of hydrogen-bond donors (Lipinski definition) is 1. The summed E-state index contributed by atoms with van der Waals surface area (Å²) in [5.41, 5.74) is -0.468. The van der Waals surface area contributed by atoms with Gasteiger partial charge in [-0.05, 0) is 78.5 Å². The topological polar surface area (TPSA) is 54.7 Å². The number of amides is 1. The molecule has 1 amide bonds. The second-order valence-corrected chi connectivity index (χ2v) is 8.45. The van der Waals surface area contributed by atoms with Crippen LogP contribution in [0.5, 0.6) is 0 Å². The maximum absolute atomic E-state index is 12.3. The van der Waals surface area contributed by atoms with Gasteiger partial charge in [0.2, 0.25) is 0 Å². The summed E-state index contributed by atoms with van der Waals surface area (Å²) >= 11 is 6.75. The number of nitrogens with one attached hydrogen (secondary N) is 1. The SMILES string of the molecule is CC1C(NCc2cc(Br)c(Br)o2)CCCN1C(=O)OC(C)(C)C. The first-order valence-electron chi connectivity index (χ1n) is 7.84. The zero-order valence-electron chi connectivity index (χ0n) is 14.0. The van der Waals surface area contributed by atoms with Crippen LogP contribution in [0, 0.1) is 0 Å². The van der Waals surface area contributed by atoms with E-state index in [1.165, 1.54) is 0 Å². The van der Waals surface area contributed by atoms with E-state index in [9.17, 15) is 4.79 Å². The predicted molar refractivity (Wildman–Crippen MR) is 96.4 cm³/mol. The largest absolute Gasteiger partial charge is 0.452 e. The minimum absolute atomic E-state index is 0.0837. The summed E-state index contributed by atoms with van der Waals surface area (Å²) in [6, 6.07) is 2.25. The highest BCUT2D eigenvalue weighted by molar-refractivity contribution is 9.13. The molecule has 2 heterocycles. The van der Waals surface area contributed by atoms with E-state index in [0.717, 1.165) is 29.6 Å². The normalized spacial score (nSPS) is 22.3. The Labute approximate surface area is 154 Å². The van der Waals surface area contributed by atoms with Crippen LogP contribution in [0.15, 0.2) is 19.6 Å². The van der Waals surface area contributed by atoms with Crippen LogP contribution in [-0.2, 0) is 11.3 Å². The van der Waals surface area contributed by atoms with E-state index in [2.05, 4.69) is 44.1 Å². The summed E-state index contributed by atoms with van der Waals surface area (Å²) in [7, 11) is 0. The molecule has 5 nitrogen and oxygen atoms in total. The van der Waals surface area contributed by atoms with Crippen LogP contribution in [0.4, 0.5) is 4.79 Å². The molecule has 7 heteroatoms. The molecule has 23 heavy (non-hydrogen) atoms. The number of rotatable bonds is 3. The van der Waals surface area contributed by atoms with Crippen LogP contribution in [0.3, 0.4) is 0 Å². The highest BCUT2D eigenvalue weighted by Crippen LogP contribution is 2.27. The zero-order chi connectivity index (χ0) is 17.2. The number of halogens is 2. The lowest BCUT2D eigenvalue weighted by atomic mass is 9.98. The maximum Gasteiger partial charge on any atom is 0.410 e.